The van der Waals surface area contributed by atoms with E-state index in [0.717, 1.165) is 24.9 Å². The van der Waals surface area contributed by atoms with Crippen LogP contribution in [0.25, 0.3) is 0 Å². The lowest BCUT2D eigenvalue weighted by Crippen LogP contribution is -2.22. The van der Waals surface area contributed by atoms with E-state index < -0.39 is 0 Å². The van der Waals surface area contributed by atoms with Crippen molar-refractivity contribution in [1.82, 2.24) is 5.32 Å². The molecule has 0 radical (unpaired) electrons. The maximum atomic E-state index is 3.33. The van der Waals surface area contributed by atoms with E-state index in [1.165, 1.54) is 12.8 Å². The van der Waals surface area contributed by atoms with E-state index in [4.69, 9.17) is 0 Å². The summed E-state index contributed by atoms with van der Waals surface area (Å²) in [7, 11) is 0. The fourth-order valence-electron chi connectivity index (χ4n) is 1.28. The Hall–Kier alpha value is -0.480. The minimum Gasteiger partial charge on any atom is -0.306 e. The summed E-state index contributed by atoms with van der Waals surface area (Å²) in [4.78, 5) is 0. The Labute approximate surface area is 69.6 Å². The minimum absolute atomic E-state index is 0.855. The predicted octanol–water partition coefficient (Wildman–Crippen LogP) is 1.65. The zero-order chi connectivity index (χ0) is 8.10. The SMILES string of the molecule is CC#CCNCC(C)C1CC1. The maximum Gasteiger partial charge on any atom is 0.0576 e. The average Bonchev–Trinajstić information content (AvgIpc) is 2.79. The molecule has 1 rings (SSSR count). The molecule has 1 aliphatic carbocycles. The molecule has 0 aromatic rings. The second-order valence-corrected chi connectivity index (χ2v) is 3.37. The molecule has 1 fully saturated rings. The van der Waals surface area contributed by atoms with Gasteiger partial charge in [-0.15, -0.1) is 5.92 Å². The molecule has 0 saturated heterocycles. The Morgan fingerprint density at radius 2 is 2.27 bits per heavy atom. The van der Waals surface area contributed by atoms with E-state index >= 15 is 0 Å². The molecule has 1 atom stereocenters. The molecule has 11 heavy (non-hydrogen) atoms. The first-order valence-electron chi connectivity index (χ1n) is 4.45. The van der Waals surface area contributed by atoms with Crippen molar-refractivity contribution in [2.75, 3.05) is 13.1 Å². The molecule has 0 aliphatic heterocycles. The average molecular weight is 151 g/mol. The van der Waals surface area contributed by atoms with Gasteiger partial charge in [0, 0.05) is 0 Å². The maximum absolute atomic E-state index is 3.33. The Kier molecular flexibility index (Phi) is 3.45. The standard InChI is InChI=1S/C10H17N/c1-3-4-7-11-8-9(2)10-5-6-10/h9-11H,5-8H2,1-2H3. The molecular formula is C10H17N. The molecule has 1 N–H and O–H groups in total. The molecule has 1 heteroatoms. The van der Waals surface area contributed by atoms with Crippen LogP contribution in [-0.4, -0.2) is 13.1 Å². The van der Waals surface area contributed by atoms with Crippen molar-refractivity contribution in [2.45, 2.75) is 26.7 Å². The van der Waals surface area contributed by atoms with E-state index in [1.54, 1.807) is 0 Å². The van der Waals surface area contributed by atoms with E-state index in [0.29, 0.717) is 0 Å². The third-order valence-electron chi connectivity index (χ3n) is 2.28. The molecule has 1 nitrogen and oxygen atoms in total. The quantitative estimate of drug-likeness (QED) is 0.476. The van der Waals surface area contributed by atoms with Crippen LogP contribution >= 0.6 is 0 Å². The molecule has 1 unspecified atom stereocenters. The van der Waals surface area contributed by atoms with Crippen LogP contribution in [0.5, 0.6) is 0 Å². The summed E-state index contributed by atoms with van der Waals surface area (Å²) in [6, 6.07) is 0. The lowest BCUT2D eigenvalue weighted by molar-refractivity contribution is 0.476. The highest BCUT2D eigenvalue weighted by Crippen LogP contribution is 2.35. The van der Waals surface area contributed by atoms with Crippen LogP contribution < -0.4 is 5.32 Å². The summed E-state index contributed by atoms with van der Waals surface area (Å²) in [5.74, 6) is 7.74. The molecule has 0 bridgehead atoms. The number of rotatable bonds is 4. The fraction of sp³-hybridized carbons (Fsp3) is 0.800. The van der Waals surface area contributed by atoms with Gasteiger partial charge < -0.3 is 5.32 Å². The van der Waals surface area contributed by atoms with Gasteiger partial charge in [-0.25, -0.2) is 0 Å². The van der Waals surface area contributed by atoms with Crippen molar-refractivity contribution in [1.29, 1.82) is 0 Å². The van der Waals surface area contributed by atoms with Crippen LogP contribution in [0, 0.1) is 23.7 Å². The number of hydrogen-bond donors (Lipinski definition) is 1. The van der Waals surface area contributed by atoms with Gasteiger partial charge in [0.2, 0.25) is 0 Å². The lowest BCUT2D eigenvalue weighted by atomic mass is 10.1. The van der Waals surface area contributed by atoms with Gasteiger partial charge in [0.25, 0.3) is 0 Å². The van der Waals surface area contributed by atoms with E-state index in [9.17, 15) is 0 Å². The summed E-state index contributed by atoms with van der Waals surface area (Å²) >= 11 is 0. The van der Waals surface area contributed by atoms with Crippen molar-refractivity contribution >= 4 is 0 Å². The van der Waals surface area contributed by atoms with Crippen molar-refractivity contribution in [3.63, 3.8) is 0 Å². The molecule has 0 heterocycles. The zero-order valence-electron chi connectivity index (χ0n) is 7.48. The van der Waals surface area contributed by atoms with Gasteiger partial charge in [-0.1, -0.05) is 12.8 Å². The van der Waals surface area contributed by atoms with Gasteiger partial charge in [-0.2, -0.15) is 0 Å². The van der Waals surface area contributed by atoms with Gasteiger partial charge >= 0.3 is 0 Å². The largest absolute Gasteiger partial charge is 0.306 e. The van der Waals surface area contributed by atoms with Crippen molar-refractivity contribution in [3.05, 3.63) is 0 Å². The molecule has 0 aromatic carbocycles. The molecule has 1 saturated carbocycles. The lowest BCUT2D eigenvalue weighted by Gasteiger charge is -2.08. The van der Waals surface area contributed by atoms with Gasteiger partial charge in [-0.05, 0) is 38.1 Å². The molecule has 62 valence electrons. The van der Waals surface area contributed by atoms with Crippen molar-refractivity contribution in [2.24, 2.45) is 11.8 Å². The molecule has 1 aliphatic rings. The van der Waals surface area contributed by atoms with Crippen LogP contribution in [0.3, 0.4) is 0 Å². The van der Waals surface area contributed by atoms with E-state index in [2.05, 4.69) is 24.1 Å². The van der Waals surface area contributed by atoms with Crippen molar-refractivity contribution < 1.29 is 0 Å². The Bertz CT molecular complexity index is 159. The third-order valence-corrected chi connectivity index (χ3v) is 2.28. The van der Waals surface area contributed by atoms with Gasteiger partial charge in [0.15, 0.2) is 0 Å². The Morgan fingerprint density at radius 1 is 1.55 bits per heavy atom. The third kappa shape index (κ3) is 3.43. The normalized spacial score (nSPS) is 18.7. The molecule has 0 amide bonds. The summed E-state index contributed by atoms with van der Waals surface area (Å²) in [6.07, 6.45) is 2.89. The highest BCUT2D eigenvalue weighted by molar-refractivity contribution is 4.97. The Balaban J connectivity index is 1.95. The monoisotopic (exact) mass is 151 g/mol. The highest BCUT2D eigenvalue weighted by atomic mass is 14.8. The summed E-state index contributed by atoms with van der Waals surface area (Å²) in [5, 5.41) is 3.33. The van der Waals surface area contributed by atoms with E-state index in [-0.39, 0.29) is 0 Å². The predicted molar refractivity (Wildman–Crippen MR) is 48.2 cm³/mol. The first-order chi connectivity index (χ1) is 5.34. The topological polar surface area (TPSA) is 12.0 Å². The van der Waals surface area contributed by atoms with Gasteiger partial charge in [0.05, 0.1) is 6.54 Å². The highest BCUT2D eigenvalue weighted by Gasteiger charge is 2.26. The van der Waals surface area contributed by atoms with Gasteiger partial charge in [-0.3, -0.25) is 0 Å². The van der Waals surface area contributed by atoms with Crippen molar-refractivity contribution in [3.8, 4) is 11.8 Å². The van der Waals surface area contributed by atoms with E-state index in [1.807, 2.05) is 6.92 Å². The minimum atomic E-state index is 0.855. The summed E-state index contributed by atoms with van der Waals surface area (Å²) < 4.78 is 0. The van der Waals surface area contributed by atoms with Crippen LogP contribution in [0.1, 0.15) is 26.7 Å². The molecule has 0 spiro atoms. The number of nitrogens with one attached hydrogen (secondary N) is 1. The Morgan fingerprint density at radius 3 is 2.82 bits per heavy atom. The first kappa shape index (κ1) is 8.62. The first-order valence-corrected chi connectivity index (χ1v) is 4.45. The zero-order valence-corrected chi connectivity index (χ0v) is 7.48. The summed E-state index contributed by atoms with van der Waals surface area (Å²) in [6.45, 7) is 6.20. The number of hydrogen-bond acceptors (Lipinski definition) is 1. The second kappa shape index (κ2) is 4.41. The van der Waals surface area contributed by atoms with Gasteiger partial charge in [0.1, 0.15) is 0 Å². The van der Waals surface area contributed by atoms with Crippen LogP contribution in [-0.2, 0) is 0 Å². The van der Waals surface area contributed by atoms with Crippen LogP contribution in [0.2, 0.25) is 0 Å². The van der Waals surface area contributed by atoms with Crippen LogP contribution in [0.15, 0.2) is 0 Å². The smallest absolute Gasteiger partial charge is 0.0576 e. The molecule has 0 aromatic heterocycles. The van der Waals surface area contributed by atoms with Crippen LogP contribution in [0.4, 0.5) is 0 Å². The fourth-order valence-corrected chi connectivity index (χ4v) is 1.28. The molecular weight excluding hydrogens is 134 g/mol. The summed E-state index contributed by atoms with van der Waals surface area (Å²) in [5.41, 5.74) is 0. The second-order valence-electron chi connectivity index (χ2n) is 3.37.